The molecule has 2 N–H and O–H groups in total. The summed E-state index contributed by atoms with van der Waals surface area (Å²) < 4.78 is 13.7. The summed E-state index contributed by atoms with van der Waals surface area (Å²) in [5, 5.41) is 11.2. The van der Waals surface area contributed by atoms with Crippen LogP contribution in [-0.2, 0) is 4.79 Å². The third-order valence-corrected chi connectivity index (χ3v) is 3.09. The number of carbonyl (C=O) groups excluding carboxylic acids is 1. The quantitative estimate of drug-likeness (QED) is 0.839. The van der Waals surface area contributed by atoms with E-state index in [2.05, 4.69) is 5.32 Å². The zero-order valence-electron chi connectivity index (χ0n) is 11.8. The van der Waals surface area contributed by atoms with Gasteiger partial charge < -0.3 is 10.4 Å². The highest BCUT2D eigenvalue weighted by atomic mass is 19.1. The standard InChI is InChI=1S/C14H19FN2O3/c1-4-7-17(3)9(2)13(18)16-12-6-5-10(14(19)20)8-11(12)15/h5-6,8-9H,4,7H2,1-3H3,(H,16,18)(H,19,20). The number of amides is 1. The minimum absolute atomic E-state index is 0.0169. The molecule has 0 heterocycles. The van der Waals surface area contributed by atoms with Gasteiger partial charge >= 0.3 is 5.97 Å². The van der Waals surface area contributed by atoms with Gasteiger partial charge in [0.2, 0.25) is 5.91 Å². The summed E-state index contributed by atoms with van der Waals surface area (Å²) in [4.78, 5) is 24.5. The van der Waals surface area contributed by atoms with Crippen LogP contribution >= 0.6 is 0 Å². The van der Waals surface area contributed by atoms with Crippen LogP contribution in [0, 0.1) is 5.82 Å². The lowest BCUT2D eigenvalue weighted by molar-refractivity contribution is -0.120. The van der Waals surface area contributed by atoms with Crippen LogP contribution in [0.1, 0.15) is 30.6 Å². The molecule has 20 heavy (non-hydrogen) atoms. The Balaban J connectivity index is 2.78. The molecule has 0 spiro atoms. The molecule has 0 saturated carbocycles. The Kier molecular flexibility index (Phi) is 5.64. The van der Waals surface area contributed by atoms with E-state index in [-0.39, 0.29) is 17.2 Å². The molecule has 0 aliphatic carbocycles. The summed E-state index contributed by atoms with van der Waals surface area (Å²) in [6, 6.07) is 3.00. The summed E-state index contributed by atoms with van der Waals surface area (Å²) in [5.41, 5.74) is -0.173. The predicted octanol–water partition coefficient (Wildman–Crippen LogP) is 2.19. The molecule has 1 atom stereocenters. The van der Waals surface area contributed by atoms with Crippen molar-refractivity contribution in [2.45, 2.75) is 26.3 Å². The number of benzene rings is 1. The molecule has 0 aliphatic rings. The summed E-state index contributed by atoms with van der Waals surface area (Å²) >= 11 is 0. The number of halogens is 1. The second kappa shape index (κ2) is 7.00. The average molecular weight is 282 g/mol. The molecule has 0 aromatic heterocycles. The highest BCUT2D eigenvalue weighted by Crippen LogP contribution is 2.16. The predicted molar refractivity (Wildman–Crippen MR) is 74.4 cm³/mol. The van der Waals surface area contributed by atoms with E-state index >= 15 is 0 Å². The molecule has 0 saturated heterocycles. The van der Waals surface area contributed by atoms with Gasteiger partial charge in [-0.3, -0.25) is 9.69 Å². The van der Waals surface area contributed by atoms with Gasteiger partial charge in [0.1, 0.15) is 5.82 Å². The van der Waals surface area contributed by atoms with Crippen LogP contribution in [0.5, 0.6) is 0 Å². The van der Waals surface area contributed by atoms with Gasteiger partial charge in [0.05, 0.1) is 17.3 Å². The van der Waals surface area contributed by atoms with Crippen LogP contribution in [0.3, 0.4) is 0 Å². The zero-order valence-corrected chi connectivity index (χ0v) is 11.8. The van der Waals surface area contributed by atoms with E-state index < -0.39 is 17.8 Å². The van der Waals surface area contributed by atoms with E-state index in [0.29, 0.717) is 0 Å². The van der Waals surface area contributed by atoms with E-state index in [0.717, 1.165) is 19.0 Å². The number of carbonyl (C=O) groups is 2. The molecule has 6 heteroatoms. The Morgan fingerprint density at radius 3 is 2.60 bits per heavy atom. The molecular formula is C14H19FN2O3. The molecule has 1 aromatic rings. The molecule has 0 aliphatic heterocycles. The number of likely N-dealkylation sites (N-methyl/N-ethyl adjacent to an activating group) is 1. The Labute approximate surface area is 117 Å². The van der Waals surface area contributed by atoms with Crippen molar-refractivity contribution in [3.8, 4) is 0 Å². The molecule has 0 fully saturated rings. The smallest absolute Gasteiger partial charge is 0.335 e. The number of carboxylic acid groups (broad SMARTS) is 1. The monoisotopic (exact) mass is 282 g/mol. The molecule has 1 aromatic carbocycles. The normalized spacial score (nSPS) is 12.2. The minimum Gasteiger partial charge on any atom is -0.478 e. The van der Waals surface area contributed by atoms with E-state index in [1.807, 2.05) is 18.9 Å². The molecule has 110 valence electrons. The van der Waals surface area contributed by atoms with Crippen LogP contribution in [-0.4, -0.2) is 41.5 Å². The van der Waals surface area contributed by atoms with Crippen molar-refractivity contribution in [1.29, 1.82) is 0 Å². The van der Waals surface area contributed by atoms with Crippen LogP contribution in [0.25, 0.3) is 0 Å². The number of rotatable bonds is 6. The van der Waals surface area contributed by atoms with Crippen molar-refractivity contribution in [1.82, 2.24) is 4.90 Å². The molecular weight excluding hydrogens is 263 g/mol. The average Bonchev–Trinajstić information content (AvgIpc) is 2.40. The van der Waals surface area contributed by atoms with Crippen molar-refractivity contribution >= 4 is 17.6 Å². The van der Waals surface area contributed by atoms with Gasteiger partial charge in [0, 0.05) is 0 Å². The SMILES string of the molecule is CCCN(C)C(C)C(=O)Nc1ccc(C(=O)O)cc1F. The number of hydrogen-bond donors (Lipinski definition) is 2. The highest BCUT2D eigenvalue weighted by molar-refractivity contribution is 5.95. The van der Waals surface area contributed by atoms with Crippen LogP contribution in [0.4, 0.5) is 10.1 Å². The minimum atomic E-state index is -1.21. The largest absolute Gasteiger partial charge is 0.478 e. The first kappa shape index (κ1) is 16.1. The fraction of sp³-hybridized carbons (Fsp3) is 0.429. The lowest BCUT2D eigenvalue weighted by Crippen LogP contribution is -2.40. The van der Waals surface area contributed by atoms with Crippen LogP contribution in [0.15, 0.2) is 18.2 Å². The molecule has 1 rings (SSSR count). The Morgan fingerprint density at radius 1 is 1.45 bits per heavy atom. The fourth-order valence-corrected chi connectivity index (χ4v) is 1.73. The molecule has 1 amide bonds. The third-order valence-electron chi connectivity index (χ3n) is 3.09. The first-order valence-corrected chi connectivity index (χ1v) is 6.40. The van der Waals surface area contributed by atoms with Crippen molar-refractivity contribution in [3.05, 3.63) is 29.6 Å². The number of nitrogens with zero attached hydrogens (tertiary/aromatic N) is 1. The molecule has 1 unspecified atom stereocenters. The van der Waals surface area contributed by atoms with Crippen molar-refractivity contribution in [2.75, 3.05) is 18.9 Å². The summed E-state index contributed by atoms with van der Waals surface area (Å²) in [6.45, 7) is 4.49. The van der Waals surface area contributed by atoms with Gasteiger partial charge in [0.15, 0.2) is 0 Å². The third kappa shape index (κ3) is 4.03. The van der Waals surface area contributed by atoms with Crippen molar-refractivity contribution in [3.63, 3.8) is 0 Å². The molecule has 0 bridgehead atoms. The number of hydrogen-bond acceptors (Lipinski definition) is 3. The Morgan fingerprint density at radius 2 is 2.10 bits per heavy atom. The van der Waals surface area contributed by atoms with Gasteiger partial charge in [-0.05, 0) is 45.1 Å². The van der Waals surface area contributed by atoms with Gasteiger partial charge in [-0.25, -0.2) is 9.18 Å². The highest BCUT2D eigenvalue weighted by Gasteiger charge is 2.19. The number of carboxylic acids is 1. The number of nitrogens with one attached hydrogen (secondary N) is 1. The van der Waals surface area contributed by atoms with E-state index in [1.54, 1.807) is 6.92 Å². The lowest BCUT2D eigenvalue weighted by atomic mass is 10.2. The maximum atomic E-state index is 13.7. The van der Waals surface area contributed by atoms with Gasteiger partial charge in [0.25, 0.3) is 0 Å². The summed E-state index contributed by atoms with van der Waals surface area (Å²) in [6.07, 6.45) is 0.912. The van der Waals surface area contributed by atoms with Gasteiger partial charge in [-0.1, -0.05) is 6.92 Å². The maximum Gasteiger partial charge on any atom is 0.335 e. The number of aromatic carboxylic acids is 1. The summed E-state index contributed by atoms with van der Waals surface area (Å²) in [7, 11) is 1.82. The van der Waals surface area contributed by atoms with Gasteiger partial charge in [-0.15, -0.1) is 0 Å². The lowest BCUT2D eigenvalue weighted by Gasteiger charge is -2.23. The number of anilines is 1. The molecule has 5 nitrogen and oxygen atoms in total. The Hall–Kier alpha value is -1.95. The first-order chi connectivity index (χ1) is 9.36. The van der Waals surface area contributed by atoms with Crippen LogP contribution < -0.4 is 5.32 Å². The van der Waals surface area contributed by atoms with E-state index in [1.165, 1.54) is 12.1 Å². The van der Waals surface area contributed by atoms with Crippen molar-refractivity contribution in [2.24, 2.45) is 0 Å². The Bertz CT molecular complexity index is 505. The second-order valence-corrected chi connectivity index (χ2v) is 4.65. The maximum absolute atomic E-state index is 13.7. The topological polar surface area (TPSA) is 69.6 Å². The van der Waals surface area contributed by atoms with Crippen molar-refractivity contribution < 1.29 is 19.1 Å². The zero-order chi connectivity index (χ0) is 15.3. The fourth-order valence-electron chi connectivity index (χ4n) is 1.73. The second-order valence-electron chi connectivity index (χ2n) is 4.65. The van der Waals surface area contributed by atoms with E-state index in [9.17, 15) is 14.0 Å². The van der Waals surface area contributed by atoms with E-state index in [4.69, 9.17) is 5.11 Å². The molecule has 0 radical (unpaired) electrons. The first-order valence-electron chi connectivity index (χ1n) is 6.40. The van der Waals surface area contributed by atoms with Crippen LogP contribution in [0.2, 0.25) is 0 Å². The summed E-state index contributed by atoms with van der Waals surface area (Å²) in [5.74, 6) is -2.30. The van der Waals surface area contributed by atoms with Gasteiger partial charge in [-0.2, -0.15) is 0 Å².